The number of esters is 1. The number of nitrogens with zero attached hydrogens (tertiary/aromatic N) is 1. The summed E-state index contributed by atoms with van der Waals surface area (Å²) < 4.78 is 11.1. The van der Waals surface area contributed by atoms with Crippen molar-refractivity contribution in [1.29, 1.82) is 0 Å². The van der Waals surface area contributed by atoms with Crippen molar-refractivity contribution in [3.8, 4) is 0 Å². The molecule has 0 saturated carbocycles. The van der Waals surface area contributed by atoms with Crippen molar-refractivity contribution in [3.05, 3.63) is 26.6 Å². The Kier molecular flexibility index (Phi) is 4.86. The fourth-order valence-electron chi connectivity index (χ4n) is 1.62. The molecule has 2 rings (SSSR count). The van der Waals surface area contributed by atoms with Crippen molar-refractivity contribution in [3.63, 3.8) is 0 Å². The Balaban J connectivity index is 2.25. The number of thiocarbonyl (C=S) groups is 1. The minimum Gasteiger partial charge on any atom is -0.467 e. The molecular weight excluding hydrogens is 413 g/mol. The van der Waals surface area contributed by atoms with Crippen LogP contribution < -0.4 is 0 Å². The molecule has 0 radical (unpaired) electrons. The third kappa shape index (κ3) is 3.07. The predicted octanol–water partition coefficient (Wildman–Crippen LogP) is 2.65. The Morgan fingerprint density at radius 3 is 2.85 bits per heavy atom. The fourth-order valence-corrected chi connectivity index (χ4v) is 3.46. The highest BCUT2D eigenvalue weighted by molar-refractivity contribution is 14.1. The van der Waals surface area contributed by atoms with E-state index in [1.807, 2.05) is 22.6 Å². The van der Waals surface area contributed by atoms with Crippen molar-refractivity contribution < 1.29 is 18.7 Å². The van der Waals surface area contributed by atoms with Gasteiger partial charge in [0.1, 0.15) is 16.1 Å². The van der Waals surface area contributed by atoms with E-state index in [1.165, 1.54) is 12.0 Å². The molecule has 0 aromatic carbocycles. The van der Waals surface area contributed by atoms with Gasteiger partial charge in [0.2, 0.25) is 0 Å². The smallest absolute Gasteiger partial charge is 0.328 e. The van der Waals surface area contributed by atoms with Crippen molar-refractivity contribution in [1.82, 2.24) is 4.90 Å². The molecule has 1 aliphatic heterocycles. The van der Waals surface area contributed by atoms with Gasteiger partial charge in [-0.1, -0.05) is 24.0 Å². The second kappa shape index (κ2) is 6.27. The average molecular weight is 423 g/mol. The maximum atomic E-state index is 12.3. The molecule has 1 aromatic heterocycles. The van der Waals surface area contributed by atoms with E-state index in [-0.39, 0.29) is 5.91 Å². The number of carbonyl (C=O) groups excluding carboxylic acids is 2. The molecule has 1 saturated heterocycles. The normalized spacial score (nSPS) is 18.8. The van der Waals surface area contributed by atoms with Crippen LogP contribution in [0.1, 0.15) is 12.7 Å². The van der Waals surface area contributed by atoms with Gasteiger partial charge in [0.25, 0.3) is 5.91 Å². The summed E-state index contributed by atoms with van der Waals surface area (Å²) in [4.78, 5) is 25.5. The first kappa shape index (κ1) is 15.5. The van der Waals surface area contributed by atoms with E-state index in [4.69, 9.17) is 16.6 Å². The topological polar surface area (TPSA) is 59.8 Å². The van der Waals surface area contributed by atoms with Gasteiger partial charge >= 0.3 is 5.97 Å². The third-order valence-corrected chi connectivity index (χ3v) is 4.53. The number of halogens is 1. The lowest BCUT2D eigenvalue weighted by molar-refractivity contribution is -0.147. The van der Waals surface area contributed by atoms with Gasteiger partial charge in [-0.2, -0.15) is 0 Å². The summed E-state index contributed by atoms with van der Waals surface area (Å²) in [7, 11) is 1.27. The molecule has 106 valence electrons. The summed E-state index contributed by atoms with van der Waals surface area (Å²) in [6.45, 7) is 1.58. The molecule has 0 spiro atoms. The highest BCUT2D eigenvalue weighted by Gasteiger charge is 2.38. The van der Waals surface area contributed by atoms with E-state index < -0.39 is 12.0 Å². The first-order valence-corrected chi connectivity index (χ1v) is 7.84. The molecule has 1 aliphatic rings. The molecule has 0 unspecified atom stereocenters. The van der Waals surface area contributed by atoms with Gasteiger partial charge in [-0.3, -0.25) is 9.69 Å². The van der Waals surface area contributed by atoms with Crippen molar-refractivity contribution in [2.45, 2.75) is 13.0 Å². The van der Waals surface area contributed by atoms with Crippen LogP contribution in [0.3, 0.4) is 0 Å². The standard InChI is InChI=1S/C12H10INO4S2/c1-6(11(16)17-2)14-10(15)8(20-12(14)19)5-7-3-4-9(13)18-7/h3-6H,1-2H3/b8-5-/t6-/m1/s1. The Hall–Kier alpha value is -0.870. The van der Waals surface area contributed by atoms with Crippen LogP contribution in [-0.2, 0) is 14.3 Å². The lowest BCUT2D eigenvalue weighted by atomic mass is 10.3. The Bertz CT molecular complexity index is 610. The monoisotopic (exact) mass is 423 g/mol. The largest absolute Gasteiger partial charge is 0.467 e. The van der Waals surface area contributed by atoms with Gasteiger partial charge < -0.3 is 9.15 Å². The van der Waals surface area contributed by atoms with Crippen molar-refractivity contribution >= 4 is 68.8 Å². The maximum absolute atomic E-state index is 12.3. The van der Waals surface area contributed by atoms with Gasteiger partial charge in [0.15, 0.2) is 3.77 Å². The highest BCUT2D eigenvalue weighted by atomic mass is 127. The SMILES string of the molecule is COC(=O)[C@@H](C)N1C(=O)/C(=C/c2ccc(I)o2)SC1=S. The molecule has 5 nitrogen and oxygen atoms in total. The molecule has 1 aromatic rings. The average Bonchev–Trinajstić information content (AvgIpc) is 2.93. The first-order valence-electron chi connectivity index (χ1n) is 5.54. The molecule has 0 N–H and O–H groups in total. The second-order valence-electron chi connectivity index (χ2n) is 3.89. The number of furan rings is 1. The summed E-state index contributed by atoms with van der Waals surface area (Å²) in [6, 6.07) is 2.82. The van der Waals surface area contributed by atoms with Crippen LogP contribution in [0.15, 0.2) is 21.5 Å². The van der Waals surface area contributed by atoms with Crippen LogP contribution in [-0.4, -0.2) is 34.2 Å². The highest BCUT2D eigenvalue weighted by Crippen LogP contribution is 2.34. The van der Waals surface area contributed by atoms with E-state index in [9.17, 15) is 9.59 Å². The molecule has 20 heavy (non-hydrogen) atoms. The lowest BCUT2D eigenvalue weighted by Crippen LogP contribution is -2.42. The van der Waals surface area contributed by atoms with Gasteiger partial charge in [-0.05, 0) is 41.6 Å². The number of rotatable bonds is 3. The second-order valence-corrected chi connectivity index (χ2v) is 6.63. The molecule has 8 heteroatoms. The number of carbonyl (C=O) groups is 2. The van der Waals surface area contributed by atoms with Crippen molar-refractivity contribution in [2.75, 3.05) is 7.11 Å². The molecular formula is C12H10INO4S2. The lowest BCUT2D eigenvalue weighted by Gasteiger charge is -2.20. The van der Waals surface area contributed by atoms with Crippen molar-refractivity contribution in [2.24, 2.45) is 0 Å². The van der Waals surface area contributed by atoms with Gasteiger partial charge in [0, 0.05) is 6.08 Å². The van der Waals surface area contributed by atoms with E-state index in [0.717, 1.165) is 15.5 Å². The molecule has 2 heterocycles. The number of ether oxygens (including phenoxy) is 1. The summed E-state index contributed by atoms with van der Waals surface area (Å²) in [6.07, 6.45) is 1.62. The summed E-state index contributed by atoms with van der Waals surface area (Å²) in [5.74, 6) is -0.250. The van der Waals surface area contributed by atoms with Crippen LogP contribution in [0.25, 0.3) is 6.08 Å². The first-order chi connectivity index (χ1) is 9.43. The third-order valence-electron chi connectivity index (χ3n) is 2.62. The van der Waals surface area contributed by atoms with Crippen LogP contribution in [0.5, 0.6) is 0 Å². The minimum atomic E-state index is -0.741. The molecule has 0 bridgehead atoms. The molecule has 1 fully saturated rings. The van der Waals surface area contributed by atoms with E-state index in [0.29, 0.717) is 15.0 Å². The minimum absolute atomic E-state index is 0.315. The Morgan fingerprint density at radius 1 is 1.60 bits per heavy atom. The maximum Gasteiger partial charge on any atom is 0.328 e. The zero-order chi connectivity index (χ0) is 14.9. The fraction of sp³-hybridized carbons (Fsp3) is 0.250. The van der Waals surface area contributed by atoms with Crippen LogP contribution in [0.4, 0.5) is 0 Å². The number of amides is 1. The van der Waals surface area contributed by atoms with E-state index in [2.05, 4.69) is 4.74 Å². The van der Waals surface area contributed by atoms with Crippen LogP contribution >= 0.6 is 46.6 Å². The molecule has 1 atom stereocenters. The van der Waals surface area contributed by atoms with Crippen LogP contribution in [0, 0.1) is 3.77 Å². The predicted molar refractivity (Wildman–Crippen MR) is 87.9 cm³/mol. The number of hydrogen-bond acceptors (Lipinski definition) is 6. The summed E-state index contributed by atoms with van der Waals surface area (Å²) in [5.41, 5.74) is 0. The van der Waals surface area contributed by atoms with Gasteiger partial charge in [-0.15, -0.1) is 0 Å². The van der Waals surface area contributed by atoms with E-state index >= 15 is 0 Å². The Labute approximate surface area is 138 Å². The Morgan fingerprint density at radius 2 is 2.30 bits per heavy atom. The zero-order valence-corrected chi connectivity index (χ0v) is 14.4. The van der Waals surface area contributed by atoms with Gasteiger partial charge in [0.05, 0.1) is 12.0 Å². The zero-order valence-electron chi connectivity index (χ0n) is 10.6. The quantitative estimate of drug-likeness (QED) is 0.323. The number of thioether (sulfide) groups is 1. The summed E-state index contributed by atoms with van der Waals surface area (Å²) >= 11 is 8.33. The summed E-state index contributed by atoms with van der Waals surface area (Å²) in [5, 5.41) is 0. The molecule has 1 amide bonds. The number of methoxy groups -OCH3 is 1. The number of hydrogen-bond donors (Lipinski definition) is 0. The van der Waals surface area contributed by atoms with Gasteiger partial charge in [-0.25, -0.2) is 4.79 Å². The molecule has 0 aliphatic carbocycles. The van der Waals surface area contributed by atoms with Crippen LogP contribution in [0.2, 0.25) is 0 Å². The van der Waals surface area contributed by atoms with E-state index in [1.54, 1.807) is 25.1 Å².